The predicted octanol–water partition coefficient (Wildman–Crippen LogP) is 3.77. The van der Waals surface area contributed by atoms with Crippen LogP contribution in [-0.4, -0.2) is 63.4 Å². The summed E-state index contributed by atoms with van der Waals surface area (Å²) in [4.78, 5) is 13.6. The summed E-state index contributed by atoms with van der Waals surface area (Å²) in [7, 11) is 1.64. The second-order valence-electron chi connectivity index (χ2n) is 7.81. The van der Waals surface area contributed by atoms with Crippen LogP contribution in [0.1, 0.15) is 11.8 Å². The molecule has 0 saturated carbocycles. The summed E-state index contributed by atoms with van der Waals surface area (Å²) in [6, 6.07) is 15.0. The first-order chi connectivity index (χ1) is 16.2. The first-order valence-electron chi connectivity index (χ1n) is 10.7. The third kappa shape index (κ3) is 5.22. The minimum Gasteiger partial charge on any atom is -0.497 e. The molecule has 1 aliphatic heterocycles. The van der Waals surface area contributed by atoms with E-state index in [9.17, 15) is 0 Å². The van der Waals surface area contributed by atoms with Gasteiger partial charge < -0.3 is 13.8 Å². The average molecular weight is 467 g/mol. The van der Waals surface area contributed by atoms with Crippen molar-refractivity contribution in [2.24, 2.45) is 0 Å². The van der Waals surface area contributed by atoms with E-state index in [-0.39, 0.29) is 0 Å². The van der Waals surface area contributed by atoms with Crippen LogP contribution in [0.3, 0.4) is 0 Å². The van der Waals surface area contributed by atoms with Gasteiger partial charge in [0.1, 0.15) is 5.75 Å². The molecule has 0 N–H and O–H groups in total. The normalized spacial score (nSPS) is 15.1. The van der Waals surface area contributed by atoms with Crippen molar-refractivity contribution in [3.63, 3.8) is 0 Å². The number of ether oxygens (including phenoxy) is 1. The fourth-order valence-corrected chi connectivity index (χ4v) is 3.92. The van der Waals surface area contributed by atoms with Gasteiger partial charge in [0.25, 0.3) is 0 Å². The Labute approximate surface area is 195 Å². The van der Waals surface area contributed by atoms with Crippen molar-refractivity contribution in [2.45, 2.75) is 13.1 Å². The van der Waals surface area contributed by atoms with Gasteiger partial charge in [-0.1, -0.05) is 34.0 Å². The van der Waals surface area contributed by atoms with Crippen molar-refractivity contribution in [3.8, 4) is 28.5 Å². The second kappa shape index (κ2) is 9.70. The maximum Gasteiger partial charge on any atom is 0.241 e. The van der Waals surface area contributed by atoms with Gasteiger partial charge in [-0.2, -0.15) is 9.97 Å². The minimum absolute atomic E-state index is 0.551. The zero-order chi connectivity index (χ0) is 22.6. The van der Waals surface area contributed by atoms with Gasteiger partial charge in [0.05, 0.1) is 20.2 Å². The van der Waals surface area contributed by atoms with Crippen molar-refractivity contribution in [2.75, 3.05) is 33.3 Å². The first-order valence-corrected chi connectivity index (χ1v) is 11.0. The third-order valence-corrected chi connectivity index (χ3v) is 5.78. The van der Waals surface area contributed by atoms with Crippen LogP contribution >= 0.6 is 11.6 Å². The van der Waals surface area contributed by atoms with E-state index in [1.165, 1.54) is 0 Å². The predicted molar refractivity (Wildman–Crippen MR) is 122 cm³/mol. The summed E-state index contributed by atoms with van der Waals surface area (Å²) in [6.45, 7) is 4.77. The van der Waals surface area contributed by atoms with Gasteiger partial charge in [0, 0.05) is 42.3 Å². The van der Waals surface area contributed by atoms with E-state index in [0.29, 0.717) is 41.5 Å². The van der Waals surface area contributed by atoms with E-state index in [1.807, 2.05) is 48.5 Å². The van der Waals surface area contributed by atoms with E-state index in [4.69, 9.17) is 25.4 Å². The molecular formula is C23H23ClN6O3. The van der Waals surface area contributed by atoms with E-state index in [1.54, 1.807) is 7.11 Å². The van der Waals surface area contributed by atoms with Crippen LogP contribution < -0.4 is 4.74 Å². The maximum absolute atomic E-state index is 6.05. The standard InChI is InChI=1S/C23H23ClN6O3/c1-31-19-7-5-16(6-8-19)22-25-20(32-27-22)14-29-9-11-30(12-10-29)15-21-26-23(28-33-21)17-3-2-4-18(24)13-17/h2-8,13H,9-12,14-15H2,1H3. The molecule has 0 spiro atoms. The minimum atomic E-state index is 0.551. The van der Waals surface area contributed by atoms with Crippen molar-refractivity contribution in [3.05, 3.63) is 65.3 Å². The first kappa shape index (κ1) is 21.6. The molecule has 1 aliphatic rings. The molecule has 3 heterocycles. The molecule has 0 amide bonds. The van der Waals surface area contributed by atoms with E-state index in [0.717, 1.165) is 43.1 Å². The monoisotopic (exact) mass is 466 g/mol. The lowest BCUT2D eigenvalue weighted by molar-refractivity contribution is 0.103. The van der Waals surface area contributed by atoms with Crippen LogP contribution in [0, 0.1) is 0 Å². The molecule has 0 radical (unpaired) electrons. The molecule has 1 fully saturated rings. The number of halogens is 1. The zero-order valence-electron chi connectivity index (χ0n) is 18.1. The molecule has 1 saturated heterocycles. The maximum atomic E-state index is 6.05. The Kier molecular flexibility index (Phi) is 6.34. The lowest BCUT2D eigenvalue weighted by Gasteiger charge is -2.32. The number of rotatable bonds is 7. The highest BCUT2D eigenvalue weighted by molar-refractivity contribution is 6.30. The third-order valence-electron chi connectivity index (χ3n) is 5.55. The Morgan fingerprint density at radius 3 is 1.94 bits per heavy atom. The van der Waals surface area contributed by atoms with Crippen molar-refractivity contribution < 1.29 is 13.8 Å². The van der Waals surface area contributed by atoms with E-state index in [2.05, 4.69) is 30.1 Å². The molecule has 0 unspecified atom stereocenters. The van der Waals surface area contributed by atoms with Gasteiger partial charge in [0.15, 0.2) is 0 Å². The van der Waals surface area contributed by atoms with Crippen LogP contribution in [0.25, 0.3) is 22.8 Å². The highest BCUT2D eigenvalue weighted by atomic mass is 35.5. The number of hydrogen-bond donors (Lipinski definition) is 0. The fraction of sp³-hybridized carbons (Fsp3) is 0.304. The summed E-state index contributed by atoms with van der Waals surface area (Å²) in [5, 5.41) is 8.84. The quantitative estimate of drug-likeness (QED) is 0.403. The summed E-state index contributed by atoms with van der Waals surface area (Å²) < 4.78 is 16.1. The molecule has 0 aliphatic carbocycles. The summed E-state index contributed by atoms with van der Waals surface area (Å²) in [5.74, 6) is 3.13. The Balaban J connectivity index is 1.12. The number of aromatic nitrogens is 4. The molecule has 2 aromatic carbocycles. The number of hydrogen-bond acceptors (Lipinski definition) is 9. The van der Waals surface area contributed by atoms with Crippen LogP contribution in [0.5, 0.6) is 5.75 Å². The Hall–Kier alpha value is -3.27. The summed E-state index contributed by atoms with van der Waals surface area (Å²) >= 11 is 6.05. The molecule has 170 valence electrons. The van der Waals surface area contributed by atoms with Crippen LogP contribution in [0.15, 0.2) is 57.6 Å². The van der Waals surface area contributed by atoms with Gasteiger partial charge in [-0.05, 0) is 36.4 Å². The largest absolute Gasteiger partial charge is 0.497 e. The second-order valence-corrected chi connectivity index (χ2v) is 8.25. The molecule has 10 heteroatoms. The van der Waals surface area contributed by atoms with Crippen molar-refractivity contribution >= 4 is 11.6 Å². The topological polar surface area (TPSA) is 93.6 Å². The van der Waals surface area contributed by atoms with Gasteiger partial charge in [-0.3, -0.25) is 9.80 Å². The average Bonchev–Trinajstić information content (AvgIpc) is 3.50. The number of benzene rings is 2. The SMILES string of the molecule is COc1ccc(-c2noc(CN3CCN(Cc4nc(-c5cccc(Cl)c5)no4)CC3)n2)cc1. The number of methoxy groups -OCH3 is 1. The molecule has 5 rings (SSSR count). The number of nitrogens with zero attached hydrogens (tertiary/aromatic N) is 6. The van der Waals surface area contributed by atoms with Crippen LogP contribution in [-0.2, 0) is 13.1 Å². The fourth-order valence-electron chi connectivity index (χ4n) is 3.73. The molecule has 0 bridgehead atoms. The summed E-state index contributed by atoms with van der Waals surface area (Å²) in [6.07, 6.45) is 0. The smallest absolute Gasteiger partial charge is 0.241 e. The molecule has 0 atom stereocenters. The molecule has 9 nitrogen and oxygen atoms in total. The molecule has 2 aromatic heterocycles. The molecule has 33 heavy (non-hydrogen) atoms. The van der Waals surface area contributed by atoms with Crippen molar-refractivity contribution in [1.82, 2.24) is 30.1 Å². The highest BCUT2D eigenvalue weighted by Crippen LogP contribution is 2.22. The van der Waals surface area contributed by atoms with Gasteiger partial charge in [-0.15, -0.1) is 0 Å². The van der Waals surface area contributed by atoms with Crippen molar-refractivity contribution in [1.29, 1.82) is 0 Å². The van der Waals surface area contributed by atoms with Gasteiger partial charge in [0.2, 0.25) is 23.4 Å². The summed E-state index contributed by atoms with van der Waals surface area (Å²) in [5.41, 5.74) is 1.74. The van der Waals surface area contributed by atoms with Gasteiger partial charge >= 0.3 is 0 Å². The molecular weight excluding hydrogens is 444 g/mol. The van der Waals surface area contributed by atoms with E-state index < -0.39 is 0 Å². The van der Waals surface area contributed by atoms with Crippen LogP contribution in [0.2, 0.25) is 5.02 Å². The van der Waals surface area contributed by atoms with Gasteiger partial charge in [-0.25, -0.2) is 0 Å². The molecule has 4 aromatic rings. The Morgan fingerprint density at radius 2 is 1.39 bits per heavy atom. The lowest BCUT2D eigenvalue weighted by Crippen LogP contribution is -2.45. The number of piperazine rings is 1. The lowest BCUT2D eigenvalue weighted by atomic mass is 10.2. The van der Waals surface area contributed by atoms with Crippen LogP contribution in [0.4, 0.5) is 0 Å². The Morgan fingerprint density at radius 1 is 0.818 bits per heavy atom. The zero-order valence-corrected chi connectivity index (χ0v) is 18.9. The Bertz CT molecular complexity index is 1200. The van der Waals surface area contributed by atoms with E-state index >= 15 is 0 Å². The highest BCUT2D eigenvalue weighted by Gasteiger charge is 2.21.